The maximum atomic E-state index is 6.06. The van der Waals surface area contributed by atoms with Crippen LogP contribution in [0.15, 0.2) is 30.5 Å². The Morgan fingerprint density at radius 2 is 1.92 bits per heavy atom. The van der Waals surface area contributed by atoms with Gasteiger partial charge in [0.1, 0.15) is 0 Å². The predicted molar refractivity (Wildman–Crippen MR) is 102 cm³/mol. The Kier molecular flexibility index (Phi) is 5.09. The van der Waals surface area contributed by atoms with Crippen LogP contribution in [0.4, 0.5) is 0 Å². The van der Waals surface area contributed by atoms with E-state index in [2.05, 4.69) is 52.8 Å². The lowest BCUT2D eigenvalue weighted by Crippen LogP contribution is -2.47. The Labute approximate surface area is 151 Å². The van der Waals surface area contributed by atoms with Gasteiger partial charge in [-0.25, -0.2) is 0 Å². The van der Waals surface area contributed by atoms with Crippen molar-refractivity contribution in [3.8, 4) is 0 Å². The standard InChI is InChI=1S/C21H31N3O/c1-3-10-25-20-11-18-8-9-19(12-20)23(18)14-16(2)15-24-21-7-5-4-6-17(21)13-22-24/h4-7,13,16,18-20H,3,8-12,14-15H2,1-2H3/t16-,18-,19?,20+/m1/s1. The van der Waals surface area contributed by atoms with E-state index < -0.39 is 0 Å². The fraction of sp³-hybridized carbons (Fsp3) is 0.667. The molecule has 136 valence electrons. The van der Waals surface area contributed by atoms with Crippen LogP contribution >= 0.6 is 0 Å². The second-order valence-electron chi connectivity index (χ2n) is 8.04. The Balaban J connectivity index is 1.36. The highest BCUT2D eigenvalue weighted by atomic mass is 16.5. The van der Waals surface area contributed by atoms with E-state index in [1.54, 1.807) is 0 Å². The number of rotatable bonds is 7. The van der Waals surface area contributed by atoms with Crippen molar-refractivity contribution < 1.29 is 4.74 Å². The van der Waals surface area contributed by atoms with Gasteiger partial charge in [-0.2, -0.15) is 5.10 Å². The van der Waals surface area contributed by atoms with Crippen LogP contribution in [0, 0.1) is 5.92 Å². The Hall–Kier alpha value is -1.39. The second-order valence-corrected chi connectivity index (χ2v) is 8.04. The van der Waals surface area contributed by atoms with E-state index in [4.69, 9.17) is 4.74 Å². The Morgan fingerprint density at radius 3 is 2.68 bits per heavy atom. The average molecular weight is 341 g/mol. The lowest BCUT2D eigenvalue weighted by Gasteiger charge is -2.40. The van der Waals surface area contributed by atoms with Crippen molar-refractivity contribution in [3.63, 3.8) is 0 Å². The first kappa shape index (κ1) is 17.0. The molecule has 0 spiro atoms. The predicted octanol–water partition coefficient (Wildman–Crippen LogP) is 4.09. The third-order valence-electron chi connectivity index (χ3n) is 5.96. The van der Waals surface area contributed by atoms with Crippen molar-refractivity contribution in [2.45, 2.75) is 70.7 Å². The second kappa shape index (κ2) is 7.46. The van der Waals surface area contributed by atoms with Gasteiger partial charge in [-0.3, -0.25) is 9.58 Å². The van der Waals surface area contributed by atoms with Crippen LogP contribution in [0.2, 0.25) is 0 Å². The van der Waals surface area contributed by atoms with Crippen molar-refractivity contribution in [1.82, 2.24) is 14.7 Å². The number of para-hydroxylation sites is 1. The van der Waals surface area contributed by atoms with Crippen molar-refractivity contribution in [2.75, 3.05) is 13.2 Å². The molecule has 2 aliphatic rings. The van der Waals surface area contributed by atoms with Crippen molar-refractivity contribution in [1.29, 1.82) is 0 Å². The van der Waals surface area contributed by atoms with E-state index in [-0.39, 0.29) is 0 Å². The molecular formula is C21H31N3O. The first-order chi connectivity index (χ1) is 12.2. The van der Waals surface area contributed by atoms with Crippen LogP contribution in [0.3, 0.4) is 0 Å². The number of hydrogen-bond donors (Lipinski definition) is 0. The molecule has 2 saturated heterocycles. The van der Waals surface area contributed by atoms with Gasteiger partial charge in [0.05, 0.1) is 17.8 Å². The van der Waals surface area contributed by atoms with Gasteiger partial charge in [0.2, 0.25) is 0 Å². The average Bonchev–Trinajstić information content (AvgIpc) is 3.11. The molecule has 1 aromatic carbocycles. The van der Waals surface area contributed by atoms with Gasteiger partial charge >= 0.3 is 0 Å². The van der Waals surface area contributed by atoms with Crippen LogP contribution in [-0.2, 0) is 11.3 Å². The zero-order valence-electron chi connectivity index (χ0n) is 15.6. The molecule has 0 amide bonds. The quantitative estimate of drug-likeness (QED) is 0.760. The summed E-state index contributed by atoms with van der Waals surface area (Å²) in [5.41, 5.74) is 1.25. The molecule has 0 N–H and O–H groups in total. The summed E-state index contributed by atoms with van der Waals surface area (Å²) in [5, 5.41) is 5.85. The molecule has 2 aliphatic heterocycles. The summed E-state index contributed by atoms with van der Waals surface area (Å²) in [5.74, 6) is 0.611. The van der Waals surface area contributed by atoms with Crippen molar-refractivity contribution in [2.24, 2.45) is 5.92 Å². The van der Waals surface area contributed by atoms with Gasteiger partial charge in [0.15, 0.2) is 0 Å². The first-order valence-electron chi connectivity index (χ1n) is 10.0. The summed E-state index contributed by atoms with van der Waals surface area (Å²) < 4.78 is 8.24. The van der Waals surface area contributed by atoms with Crippen LogP contribution in [0.1, 0.15) is 46.0 Å². The van der Waals surface area contributed by atoms with Crippen molar-refractivity contribution in [3.05, 3.63) is 30.5 Å². The normalized spacial score (nSPS) is 27.8. The number of hydrogen-bond acceptors (Lipinski definition) is 3. The fourth-order valence-corrected chi connectivity index (χ4v) is 4.83. The van der Waals surface area contributed by atoms with Crippen LogP contribution < -0.4 is 0 Å². The van der Waals surface area contributed by atoms with Gasteiger partial charge in [-0.15, -0.1) is 0 Å². The third kappa shape index (κ3) is 3.61. The number of piperidine rings is 1. The minimum absolute atomic E-state index is 0.499. The first-order valence-corrected chi connectivity index (χ1v) is 10.0. The molecule has 4 nitrogen and oxygen atoms in total. The molecule has 0 radical (unpaired) electrons. The molecule has 1 unspecified atom stereocenters. The van der Waals surface area contributed by atoms with Crippen molar-refractivity contribution >= 4 is 10.9 Å². The monoisotopic (exact) mass is 341 g/mol. The molecule has 4 heteroatoms. The molecule has 25 heavy (non-hydrogen) atoms. The van der Waals surface area contributed by atoms with E-state index in [1.165, 1.54) is 43.1 Å². The summed E-state index contributed by atoms with van der Waals surface area (Å²) in [4.78, 5) is 2.78. The van der Waals surface area contributed by atoms with E-state index in [9.17, 15) is 0 Å². The van der Waals surface area contributed by atoms with Gasteiger partial charge in [-0.05, 0) is 44.1 Å². The number of aromatic nitrogens is 2. The highest BCUT2D eigenvalue weighted by Crippen LogP contribution is 2.37. The number of benzene rings is 1. The highest BCUT2D eigenvalue weighted by Gasteiger charge is 2.41. The zero-order chi connectivity index (χ0) is 17.2. The fourth-order valence-electron chi connectivity index (χ4n) is 4.83. The molecule has 4 rings (SSSR count). The van der Waals surface area contributed by atoms with E-state index in [0.29, 0.717) is 12.0 Å². The maximum absolute atomic E-state index is 6.06. The zero-order valence-corrected chi connectivity index (χ0v) is 15.6. The number of fused-ring (bicyclic) bond motifs is 3. The lowest BCUT2D eigenvalue weighted by molar-refractivity contribution is -0.0237. The SMILES string of the molecule is CCCO[C@@H]1CC2CC[C@H](C1)N2C[C@@H](C)Cn1ncc2ccccc21. The topological polar surface area (TPSA) is 30.3 Å². The number of ether oxygens (including phenoxy) is 1. The van der Waals surface area contributed by atoms with Gasteiger partial charge in [0, 0.05) is 37.2 Å². The molecule has 0 aliphatic carbocycles. The number of nitrogens with zero attached hydrogens (tertiary/aromatic N) is 3. The molecular weight excluding hydrogens is 310 g/mol. The summed E-state index contributed by atoms with van der Waals surface area (Å²) in [6.07, 6.45) is 8.79. The van der Waals surface area contributed by atoms with Gasteiger partial charge < -0.3 is 4.74 Å². The molecule has 0 saturated carbocycles. The minimum atomic E-state index is 0.499. The Morgan fingerprint density at radius 1 is 1.16 bits per heavy atom. The minimum Gasteiger partial charge on any atom is -0.378 e. The van der Waals surface area contributed by atoms with Crippen LogP contribution in [0.25, 0.3) is 10.9 Å². The molecule has 4 atom stereocenters. The van der Waals surface area contributed by atoms with E-state index in [1.807, 2.05) is 6.20 Å². The molecule has 2 fully saturated rings. The van der Waals surface area contributed by atoms with E-state index in [0.717, 1.165) is 31.7 Å². The largest absolute Gasteiger partial charge is 0.378 e. The summed E-state index contributed by atoms with van der Waals surface area (Å²) in [7, 11) is 0. The maximum Gasteiger partial charge on any atom is 0.0682 e. The lowest BCUT2D eigenvalue weighted by atomic mass is 9.98. The van der Waals surface area contributed by atoms with Gasteiger partial charge in [-0.1, -0.05) is 32.0 Å². The van der Waals surface area contributed by atoms with Crippen LogP contribution in [0.5, 0.6) is 0 Å². The van der Waals surface area contributed by atoms with Crippen LogP contribution in [-0.4, -0.2) is 46.0 Å². The molecule has 1 aromatic heterocycles. The highest BCUT2D eigenvalue weighted by molar-refractivity contribution is 5.78. The van der Waals surface area contributed by atoms with Gasteiger partial charge in [0.25, 0.3) is 0 Å². The third-order valence-corrected chi connectivity index (χ3v) is 5.96. The smallest absolute Gasteiger partial charge is 0.0682 e. The molecule has 3 heterocycles. The summed E-state index contributed by atoms with van der Waals surface area (Å²) >= 11 is 0. The molecule has 2 bridgehead atoms. The summed E-state index contributed by atoms with van der Waals surface area (Å²) in [6.45, 7) is 7.68. The summed E-state index contributed by atoms with van der Waals surface area (Å²) in [6, 6.07) is 9.97. The Bertz CT molecular complexity index is 683. The molecule has 2 aromatic rings. The van der Waals surface area contributed by atoms with E-state index >= 15 is 0 Å².